The fourth-order valence-electron chi connectivity index (χ4n) is 7.27. The topological polar surface area (TPSA) is 18.5 Å². The molecular formula is C30H46O2. The zero-order valence-electron chi connectivity index (χ0n) is 20.4. The highest BCUT2D eigenvalue weighted by atomic mass is 16.7. The Bertz CT molecular complexity index is 702. The average Bonchev–Trinajstić information content (AvgIpc) is 2.86. The second-order valence-corrected chi connectivity index (χ2v) is 11.4. The predicted molar refractivity (Wildman–Crippen MR) is 132 cm³/mol. The largest absolute Gasteiger partial charge is 0.462 e. The Morgan fingerprint density at radius 3 is 1.81 bits per heavy atom. The summed E-state index contributed by atoms with van der Waals surface area (Å²) in [7, 11) is 0. The summed E-state index contributed by atoms with van der Waals surface area (Å²) in [6.07, 6.45) is 26.7. The molecule has 4 saturated carbocycles. The van der Waals surface area contributed by atoms with Gasteiger partial charge in [0.15, 0.2) is 0 Å². The molecule has 32 heavy (non-hydrogen) atoms. The van der Waals surface area contributed by atoms with Crippen molar-refractivity contribution in [2.45, 2.75) is 152 Å². The highest BCUT2D eigenvalue weighted by Crippen LogP contribution is 2.47. The fraction of sp³-hybridized carbons (Fsp3) is 0.800. The molecule has 4 fully saturated rings. The van der Waals surface area contributed by atoms with Crippen LogP contribution in [0.5, 0.6) is 5.75 Å². The molecule has 2 nitrogen and oxygen atoms in total. The van der Waals surface area contributed by atoms with Crippen molar-refractivity contribution in [1.29, 1.82) is 0 Å². The fourth-order valence-corrected chi connectivity index (χ4v) is 7.27. The highest BCUT2D eigenvalue weighted by Gasteiger charge is 2.39. The van der Waals surface area contributed by atoms with Gasteiger partial charge in [0, 0.05) is 18.4 Å². The van der Waals surface area contributed by atoms with E-state index >= 15 is 0 Å². The number of benzene rings is 1. The second-order valence-electron chi connectivity index (χ2n) is 11.4. The number of rotatable bonds is 6. The normalized spacial score (nSPS) is 26.1. The maximum atomic E-state index is 7.14. The van der Waals surface area contributed by atoms with Crippen LogP contribution in [0, 0.1) is 0 Å². The highest BCUT2D eigenvalue weighted by molar-refractivity contribution is 5.45. The van der Waals surface area contributed by atoms with E-state index in [2.05, 4.69) is 18.2 Å². The lowest BCUT2D eigenvalue weighted by Gasteiger charge is -2.42. The van der Waals surface area contributed by atoms with Gasteiger partial charge in [-0.2, -0.15) is 0 Å². The zero-order chi connectivity index (χ0) is 21.6. The van der Waals surface area contributed by atoms with Gasteiger partial charge in [0.05, 0.1) is 6.10 Å². The number of ether oxygens (including phenoxy) is 2. The Balaban J connectivity index is 1.46. The summed E-state index contributed by atoms with van der Waals surface area (Å²) in [5.74, 6) is 2.24. The van der Waals surface area contributed by atoms with Crippen LogP contribution in [-0.2, 0) is 4.74 Å². The van der Waals surface area contributed by atoms with Crippen molar-refractivity contribution < 1.29 is 9.47 Å². The molecule has 0 radical (unpaired) electrons. The lowest BCUT2D eigenvalue weighted by atomic mass is 9.75. The SMILES string of the molecule is c1cc(OC2(OC3CCCCC3)CCCCC2)c(C2CCCCC2)c(C2CCCCC2)c1. The van der Waals surface area contributed by atoms with Crippen molar-refractivity contribution in [3.8, 4) is 5.75 Å². The van der Waals surface area contributed by atoms with Crippen molar-refractivity contribution >= 4 is 0 Å². The predicted octanol–water partition coefficient (Wildman–Crippen LogP) is 9.17. The molecule has 0 aromatic heterocycles. The quantitative estimate of drug-likeness (QED) is 0.412. The number of hydrogen-bond acceptors (Lipinski definition) is 2. The molecule has 0 heterocycles. The van der Waals surface area contributed by atoms with E-state index in [0.717, 1.165) is 18.8 Å². The Hall–Kier alpha value is -1.02. The first-order chi connectivity index (χ1) is 15.8. The van der Waals surface area contributed by atoms with E-state index in [1.54, 1.807) is 11.1 Å². The van der Waals surface area contributed by atoms with Gasteiger partial charge >= 0.3 is 0 Å². The molecular weight excluding hydrogens is 392 g/mol. The summed E-state index contributed by atoms with van der Waals surface area (Å²) < 4.78 is 14.1. The van der Waals surface area contributed by atoms with Crippen LogP contribution in [0.25, 0.3) is 0 Å². The van der Waals surface area contributed by atoms with Crippen LogP contribution in [0.2, 0.25) is 0 Å². The van der Waals surface area contributed by atoms with Crippen LogP contribution in [0.15, 0.2) is 18.2 Å². The third kappa shape index (κ3) is 5.37. The van der Waals surface area contributed by atoms with Crippen molar-refractivity contribution in [1.82, 2.24) is 0 Å². The molecule has 2 heteroatoms. The molecule has 0 unspecified atom stereocenters. The molecule has 4 aliphatic carbocycles. The van der Waals surface area contributed by atoms with Gasteiger partial charge in [0.25, 0.3) is 0 Å². The minimum atomic E-state index is -0.380. The molecule has 1 aromatic carbocycles. The van der Waals surface area contributed by atoms with Crippen LogP contribution < -0.4 is 4.74 Å². The van der Waals surface area contributed by atoms with Crippen molar-refractivity contribution in [2.75, 3.05) is 0 Å². The van der Waals surface area contributed by atoms with E-state index < -0.39 is 0 Å². The van der Waals surface area contributed by atoms with E-state index in [-0.39, 0.29) is 5.79 Å². The third-order valence-corrected chi connectivity index (χ3v) is 9.00. The van der Waals surface area contributed by atoms with E-state index in [1.165, 1.54) is 121 Å². The maximum absolute atomic E-state index is 7.14. The molecule has 0 N–H and O–H groups in total. The third-order valence-electron chi connectivity index (χ3n) is 9.00. The lowest BCUT2D eigenvalue weighted by molar-refractivity contribution is -0.232. The Labute approximate surface area is 196 Å². The minimum absolute atomic E-state index is 0.380. The van der Waals surface area contributed by atoms with E-state index in [0.29, 0.717) is 12.0 Å². The molecule has 5 rings (SSSR count). The first-order valence-corrected chi connectivity index (χ1v) is 14.3. The van der Waals surface area contributed by atoms with Crippen molar-refractivity contribution in [3.63, 3.8) is 0 Å². The molecule has 0 atom stereocenters. The van der Waals surface area contributed by atoms with Crippen LogP contribution in [0.3, 0.4) is 0 Å². The Morgan fingerprint density at radius 1 is 0.594 bits per heavy atom. The maximum Gasteiger partial charge on any atom is 0.210 e. The monoisotopic (exact) mass is 438 g/mol. The summed E-state index contributed by atoms with van der Waals surface area (Å²) in [4.78, 5) is 0. The van der Waals surface area contributed by atoms with E-state index in [9.17, 15) is 0 Å². The van der Waals surface area contributed by atoms with Gasteiger partial charge in [-0.15, -0.1) is 0 Å². The Kier molecular flexibility index (Phi) is 7.78. The summed E-state index contributed by atoms with van der Waals surface area (Å²) in [6, 6.07) is 7.06. The van der Waals surface area contributed by atoms with Gasteiger partial charge in [0.1, 0.15) is 5.75 Å². The van der Waals surface area contributed by atoms with Crippen LogP contribution >= 0.6 is 0 Å². The standard InChI is InChI=1S/C30H46O2/c1-5-14-24(15-6-1)27-20-13-21-28(29(27)25-16-7-2-8-17-25)32-30(22-11-4-12-23-30)31-26-18-9-3-10-19-26/h13,20-21,24-26H,1-12,14-19,22-23H2. The first kappa shape index (κ1) is 22.8. The van der Waals surface area contributed by atoms with Gasteiger partial charge in [-0.25, -0.2) is 0 Å². The van der Waals surface area contributed by atoms with E-state index in [4.69, 9.17) is 9.47 Å². The lowest BCUT2D eigenvalue weighted by Crippen LogP contribution is -2.45. The molecule has 178 valence electrons. The second kappa shape index (κ2) is 10.9. The van der Waals surface area contributed by atoms with Crippen LogP contribution in [-0.4, -0.2) is 11.9 Å². The summed E-state index contributed by atoms with van der Waals surface area (Å²) >= 11 is 0. The molecule has 0 spiro atoms. The van der Waals surface area contributed by atoms with Gasteiger partial charge in [0.2, 0.25) is 5.79 Å². The molecule has 4 aliphatic rings. The summed E-state index contributed by atoms with van der Waals surface area (Å²) in [5, 5.41) is 0. The molecule has 0 amide bonds. The smallest absolute Gasteiger partial charge is 0.210 e. The van der Waals surface area contributed by atoms with Crippen LogP contribution in [0.1, 0.15) is 151 Å². The molecule has 0 aliphatic heterocycles. The van der Waals surface area contributed by atoms with Crippen LogP contribution in [0.4, 0.5) is 0 Å². The zero-order valence-corrected chi connectivity index (χ0v) is 20.4. The van der Waals surface area contributed by atoms with Crippen molar-refractivity contribution in [2.24, 2.45) is 0 Å². The van der Waals surface area contributed by atoms with Crippen molar-refractivity contribution in [3.05, 3.63) is 29.3 Å². The van der Waals surface area contributed by atoms with Gasteiger partial charge in [-0.3, -0.25) is 0 Å². The van der Waals surface area contributed by atoms with E-state index in [1.807, 2.05) is 0 Å². The first-order valence-electron chi connectivity index (χ1n) is 14.3. The molecule has 0 bridgehead atoms. The summed E-state index contributed by atoms with van der Waals surface area (Å²) in [5.41, 5.74) is 3.23. The minimum Gasteiger partial charge on any atom is -0.462 e. The molecule has 0 saturated heterocycles. The molecule has 1 aromatic rings. The average molecular weight is 439 g/mol. The van der Waals surface area contributed by atoms with Gasteiger partial charge < -0.3 is 9.47 Å². The summed E-state index contributed by atoms with van der Waals surface area (Å²) in [6.45, 7) is 0. The van der Waals surface area contributed by atoms with Gasteiger partial charge in [-0.1, -0.05) is 76.3 Å². The van der Waals surface area contributed by atoms with Gasteiger partial charge in [-0.05, 0) is 74.8 Å². The Morgan fingerprint density at radius 2 is 1.16 bits per heavy atom. The number of hydrogen-bond donors (Lipinski definition) is 0.